The molecule has 1 aliphatic heterocycles. The van der Waals surface area contributed by atoms with E-state index in [1.54, 1.807) is 54.8 Å². The molecular formula is C22H29F3N4O2. The molecule has 0 aromatic heterocycles. The number of halogens is 3. The quantitative estimate of drug-likeness (QED) is 0.698. The van der Waals surface area contributed by atoms with Crippen LogP contribution >= 0.6 is 0 Å². The van der Waals surface area contributed by atoms with E-state index in [9.17, 15) is 18.0 Å². The molecule has 0 spiro atoms. The summed E-state index contributed by atoms with van der Waals surface area (Å²) in [7, 11) is 0. The van der Waals surface area contributed by atoms with Crippen LogP contribution in [0, 0.1) is 0 Å². The molecule has 1 aromatic carbocycles. The van der Waals surface area contributed by atoms with Crippen molar-refractivity contribution in [3.63, 3.8) is 0 Å². The lowest BCUT2D eigenvalue weighted by atomic mass is 10.1. The van der Waals surface area contributed by atoms with Gasteiger partial charge in [-0.2, -0.15) is 13.2 Å². The summed E-state index contributed by atoms with van der Waals surface area (Å²) in [6, 6.07) is 8.91. The van der Waals surface area contributed by atoms with Gasteiger partial charge in [-0.05, 0) is 32.4 Å². The molecule has 0 radical (unpaired) electrons. The molecule has 0 atom stereocenters. The van der Waals surface area contributed by atoms with Gasteiger partial charge in [-0.25, -0.2) is 4.79 Å². The largest absolute Gasteiger partial charge is 0.444 e. The highest BCUT2D eigenvalue weighted by atomic mass is 19.4. The number of piperazine rings is 1. The predicted octanol–water partition coefficient (Wildman–Crippen LogP) is 3.83. The number of hydrogen-bond donors (Lipinski definition) is 2. The Kier molecular flexibility index (Phi) is 7.65. The average molecular weight is 438 g/mol. The number of rotatable bonds is 4. The van der Waals surface area contributed by atoms with Crippen LogP contribution in [0.25, 0.3) is 6.08 Å². The van der Waals surface area contributed by atoms with Gasteiger partial charge in [0, 0.05) is 31.8 Å². The summed E-state index contributed by atoms with van der Waals surface area (Å²) in [6.45, 7) is 6.76. The van der Waals surface area contributed by atoms with E-state index in [-0.39, 0.29) is 11.4 Å². The van der Waals surface area contributed by atoms with Gasteiger partial charge in [0.25, 0.3) is 0 Å². The van der Waals surface area contributed by atoms with Crippen LogP contribution in [0.1, 0.15) is 26.3 Å². The molecule has 2 rings (SSSR count). The summed E-state index contributed by atoms with van der Waals surface area (Å²) < 4.78 is 45.0. The first-order chi connectivity index (χ1) is 14.4. The number of benzene rings is 1. The maximum Gasteiger partial charge on any atom is 0.431 e. The van der Waals surface area contributed by atoms with E-state index in [2.05, 4.69) is 0 Å². The second kappa shape index (κ2) is 9.80. The highest BCUT2D eigenvalue weighted by Crippen LogP contribution is 2.26. The van der Waals surface area contributed by atoms with Crippen molar-refractivity contribution in [2.75, 3.05) is 26.2 Å². The van der Waals surface area contributed by atoms with Gasteiger partial charge in [-0.1, -0.05) is 42.5 Å². The van der Waals surface area contributed by atoms with E-state index in [0.29, 0.717) is 26.2 Å². The summed E-state index contributed by atoms with van der Waals surface area (Å²) in [4.78, 5) is 15.4. The molecule has 6 nitrogen and oxygen atoms in total. The van der Waals surface area contributed by atoms with E-state index in [1.165, 1.54) is 18.2 Å². The molecule has 4 N–H and O–H groups in total. The molecule has 9 heteroatoms. The number of nitrogens with two attached hydrogens (primary N) is 2. The highest BCUT2D eigenvalue weighted by molar-refractivity contribution is 5.68. The monoisotopic (exact) mass is 438 g/mol. The summed E-state index contributed by atoms with van der Waals surface area (Å²) in [6.07, 6.45) is -1.07. The van der Waals surface area contributed by atoms with Crippen LogP contribution < -0.4 is 11.5 Å². The van der Waals surface area contributed by atoms with Gasteiger partial charge >= 0.3 is 12.3 Å². The molecule has 0 saturated carbocycles. The van der Waals surface area contributed by atoms with Crippen molar-refractivity contribution in [1.29, 1.82) is 0 Å². The first kappa shape index (κ1) is 24.2. The van der Waals surface area contributed by atoms with Crippen LogP contribution in [-0.2, 0) is 4.74 Å². The normalized spacial score (nSPS) is 17.0. The van der Waals surface area contributed by atoms with Crippen LogP contribution in [-0.4, -0.2) is 53.8 Å². The third kappa shape index (κ3) is 7.58. The molecule has 0 aliphatic carbocycles. The van der Waals surface area contributed by atoms with Crippen molar-refractivity contribution in [3.8, 4) is 0 Å². The van der Waals surface area contributed by atoms with Crippen molar-refractivity contribution >= 4 is 12.2 Å². The number of carbonyl (C=O) groups is 1. The molecule has 31 heavy (non-hydrogen) atoms. The lowest BCUT2D eigenvalue weighted by Gasteiger charge is -2.36. The Balaban J connectivity index is 2.15. The molecule has 1 heterocycles. The van der Waals surface area contributed by atoms with Crippen molar-refractivity contribution in [2.45, 2.75) is 32.5 Å². The Morgan fingerprint density at radius 3 is 2.06 bits per heavy atom. The van der Waals surface area contributed by atoms with Crippen LogP contribution in [0.3, 0.4) is 0 Å². The van der Waals surface area contributed by atoms with Gasteiger partial charge in [0.1, 0.15) is 11.3 Å². The number of amides is 1. The molecule has 170 valence electrons. The second-order valence-electron chi connectivity index (χ2n) is 8.13. The SMILES string of the molecule is CC(C)(C)OC(=O)N1CCN(/C(N)=C/C(/C=C/c2ccccc2)=C(\N)C(F)(F)F)CC1. The standard InChI is InChI=1S/C22H29F3N4O2/c1-21(2,3)31-20(30)29-13-11-28(12-14-29)18(26)15-17(19(27)22(23,24)25)10-9-16-7-5-4-6-8-16/h4-10,15H,11-14,26-27H2,1-3H3/b10-9+,18-15+,19-17-. The number of allylic oxidation sites excluding steroid dienone is 4. The first-order valence-corrected chi connectivity index (χ1v) is 9.87. The van der Waals surface area contributed by atoms with Gasteiger partial charge in [-0.3, -0.25) is 0 Å². The fourth-order valence-corrected chi connectivity index (χ4v) is 2.85. The molecular weight excluding hydrogens is 409 g/mol. The van der Waals surface area contributed by atoms with Gasteiger partial charge in [0.05, 0.1) is 5.82 Å². The predicted molar refractivity (Wildman–Crippen MR) is 114 cm³/mol. The van der Waals surface area contributed by atoms with Crippen molar-refractivity contribution in [1.82, 2.24) is 9.80 Å². The molecule has 0 unspecified atom stereocenters. The summed E-state index contributed by atoms with van der Waals surface area (Å²) >= 11 is 0. The average Bonchev–Trinajstić information content (AvgIpc) is 2.69. The maximum absolute atomic E-state index is 13.2. The van der Waals surface area contributed by atoms with E-state index in [1.807, 2.05) is 6.07 Å². The number of alkyl halides is 3. The summed E-state index contributed by atoms with van der Waals surface area (Å²) in [5.74, 6) is 0.142. The van der Waals surface area contributed by atoms with E-state index < -0.39 is 23.6 Å². The zero-order valence-corrected chi connectivity index (χ0v) is 17.9. The fraction of sp³-hybridized carbons (Fsp3) is 0.409. The van der Waals surface area contributed by atoms with Crippen molar-refractivity contribution < 1.29 is 22.7 Å². The zero-order valence-electron chi connectivity index (χ0n) is 17.9. The Labute approximate surface area is 180 Å². The van der Waals surface area contributed by atoms with Crippen LogP contribution in [0.5, 0.6) is 0 Å². The molecule has 0 bridgehead atoms. The number of nitrogens with zero attached hydrogens (tertiary/aromatic N) is 2. The van der Waals surface area contributed by atoms with Crippen LogP contribution in [0.4, 0.5) is 18.0 Å². The van der Waals surface area contributed by atoms with Gasteiger partial charge in [0.2, 0.25) is 0 Å². The summed E-state index contributed by atoms with van der Waals surface area (Å²) in [5.41, 5.74) is 10.1. The summed E-state index contributed by atoms with van der Waals surface area (Å²) in [5, 5.41) is 0. The van der Waals surface area contributed by atoms with E-state index in [4.69, 9.17) is 16.2 Å². The van der Waals surface area contributed by atoms with Gasteiger partial charge in [0.15, 0.2) is 0 Å². The van der Waals surface area contributed by atoms with Gasteiger partial charge < -0.3 is 26.0 Å². The molecule has 1 aliphatic rings. The Bertz CT molecular complexity index is 848. The topological polar surface area (TPSA) is 84.8 Å². The third-order valence-electron chi connectivity index (χ3n) is 4.47. The number of carbonyl (C=O) groups excluding carboxylic acids is 1. The Morgan fingerprint density at radius 1 is 1.00 bits per heavy atom. The Hall–Kier alpha value is -3.10. The number of ether oxygens (including phenoxy) is 1. The minimum Gasteiger partial charge on any atom is -0.444 e. The second-order valence-corrected chi connectivity index (χ2v) is 8.13. The smallest absolute Gasteiger partial charge is 0.431 e. The molecule has 1 fully saturated rings. The third-order valence-corrected chi connectivity index (χ3v) is 4.47. The minimum absolute atomic E-state index is 0.142. The van der Waals surface area contributed by atoms with E-state index in [0.717, 1.165) is 5.56 Å². The van der Waals surface area contributed by atoms with E-state index >= 15 is 0 Å². The fourth-order valence-electron chi connectivity index (χ4n) is 2.85. The highest BCUT2D eigenvalue weighted by Gasteiger charge is 2.33. The lowest BCUT2D eigenvalue weighted by Crippen LogP contribution is -2.50. The molecule has 1 amide bonds. The van der Waals surface area contributed by atoms with Crippen LogP contribution in [0.15, 0.2) is 59.6 Å². The molecule has 1 saturated heterocycles. The van der Waals surface area contributed by atoms with Crippen LogP contribution in [0.2, 0.25) is 0 Å². The number of hydrogen-bond acceptors (Lipinski definition) is 5. The maximum atomic E-state index is 13.2. The minimum atomic E-state index is -4.69. The van der Waals surface area contributed by atoms with Crippen molar-refractivity contribution in [3.05, 3.63) is 65.1 Å². The lowest BCUT2D eigenvalue weighted by molar-refractivity contribution is -0.0931. The van der Waals surface area contributed by atoms with Crippen molar-refractivity contribution in [2.24, 2.45) is 11.5 Å². The Morgan fingerprint density at radius 2 is 1.55 bits per heavy atom. The van der Waals surface area contributed by atoms with Gasteiger partial charge in [-0.15, -0.1) is 0 Å². The first-order valence-electron chi connectivity index (χ1n) is 9.87. The zero-order chi connectivity index (χ0) is 23.2. The molecule has 1 aromatic rings.